The van der Waals surface area contributed by atoms with Crippen LogP contribution in [0.4, 0.5) is 0 Å². The molecule has 3 heteroatoms. The van der Waals surface area contributed by atoms with E-state index in [4.69, 9.17) is 0 Å². The summed E-state index contributed by atoms with van der Waals surface area (Å²) in [6.45, 7) is 14.7. The van der Waals surface area contributed by atoms with E-state index < -0.39 is 0 Å². The number of hydrogen-bond donors (Lipinski definition) is 1. The van der Waals surface area contributed by atoms with Gasteiger partial charge in [0.2, 0.25) is 0 Å². The van der Waals surface area contributed by atoms with Gasteiger partial charge < -0.3 is 17.0 Å². The number of rotatable bonds is 3. The quantitative estimate of drug-likeness (QED) is 0.479. The zero-order valence-corrected chi connectivity index (χ0v) is 11.4. The largest absolute Gasteiger partial charge is 3.00 e. The standard InChI is InChI=1S/C12H12NO.Y/c1-5-8(2)6-11(14)12-10(4)9(3)7-13-12;/h7,14H,1-5H2;/q-3;+3. The number of allylic oxidation sites excluding steroid dienone is 4. The number of nitrogens with zero attached hydrogens (tertiary/aromatic N) is 1. The third-order valence-corrected chi connectivity index (χ3v) is 1.84. The van der Waals surface area contributed by atoms with Gasteiger partial charge in [0.15, 0.2) is 0 Å². The molecule has 0 amide bonds. The van der Waals surface area contributed by atoms with E-state index in [0.29, 0.717) is 28.8 Å². The molecule has 0 radical (unpaired) electrons. The van der Waals surface area contributed by atoms with Crippen molar-refractivity contribution >= 4 is 6.21 Å². The number of aliphatic hydroxyl groups is 1. The summed E-state index contributed by atoms with van der Waals surface area (Å²) in [6.07, 6.45) is 4.74. The van der Waals surface area contributed by atoms with Gasteiger partial charge in [0.1, 0.15) is 0 Å². The van der Waals surface area contributed by atoms with Gasteiger partial charge in [-0.3, -0.25) is 0 Å². The van der Waals surface area contributed by atoms with E-state index in [1.54, 1.807) is 6.21 Å². The number of aliphatic imine (C=N–C) groups is 1. The average Bonchev–Trinajstić information content (AvgIpc) is 2.47. The summed E-state index contributed by atoms with van der Waals surface area (Å²) >= 11 is 0. The van der Waals surface area contributed by atoms with Gasteiger partial charge in [-0.25, -0.2) is 0 Å². The van der Waals surface area contributed by atoms with Gasteiger partial charge in [0.25, 0.3) is 0 Å². The molecule has 0 aromatic carbocycles. The molecule has 0 aliphatic carbocycles. The molecule has 1 N–H and O–H groups in total. The maximum atomic E-state index is 9.60. The van der Waals surface area contributed by atoms with Crippen LogP contribution in [0.5, 0.6) is 0 Å². The van der Waals surface area contributed by atoms with Crippen LogP contribution in [0.15, 0.2) is 46.3 Å². The van der Waals surface area contributed by atoms with Crippen LogP contribution in [0.2, 0.25) is 0 Å². The van der Waals surface area contributed by atoms with Gasteiger partial charge in [-0.05, 0) is 11.9 Å². The van der Waals surface area contributed by atoms with Crippen molar-refractivity contribution in [1.82, 2.24) is 0 Å². The molecule has 15 heavy (non-hydrogen) atoms. The minimum Gasteiger partial charge on any atom is -0.532 e. The Morgan fingerprint density at radius 2 is 2.20 bits per heavy atom. The molecule has 1 aliphatic heterocycles. The van der Waals surface area contributed by atoms with Gasteiger partial charge in [0.05, 0.1) is 0 Å². The van der Waals surface area contributed by atoms with Crippen molar-refractivity contribution in [1.29, 1.82) is 0 Å². The summed E-state index contributed by atoms with van der Waals surface area (Å²) in [6, 6.07) is 0. The second kappa shape index (κ2) is 6.09. The molecule has 0 aromatic heterocycles. The SMILES string of the molecule is C=C([C-]=C(O)C1=C([CH2-])C(=C)C=N1)C[CH2-].[Y+3]. The van der Waals surface area contributed by atoms with E-state index in [2.05, 4.69) is 38.1 Å². The summed E-state index contributed by atoms with van der Waals surface area (Å²) in [4.78, 5) is 3.97. The van der Waals surface area contributed by atoms with Crippen LogP contribution in [0.1, 0.15) is 6.42 Å². The van der Waals surface area contributed by atoms with Crippen LogP contribution in [-0.2, 0) is 32.7 Å². The average molecular weight is 275 g/mol. The first-order valence-corrected chi connectivity index (χ1v) is 4.16. The molecule has 0 saturated heterocycles. The van der Waals surface area contributed by atoms with E-state index in [1.165, 1.54) is 0 Å². The van der Waals surface area contributed by atoms with E-state index in [1.807, 2.05) is 0 Å². The summed E-state index contributed by atoms with van der Waals surface area (Å²) in [5, 5.41) is 9.60. The number of hydrogen-bond acceptors (Lipinski definition) is 2. The van der Waals surface area contributed by atoms with E-state index in [0.717, 1.165) is 0 Å². The van der Waals surface area contributed by atoms with Gasteiger partial charge in [0, 0.05) is 5.76 Å². The maximum Gasteiger partial charge on any atom is 3.00 e. The predicted octanol–water partition coefficient (Wildman–Crippen LogP) is 2.74. The summed E-state index contributed by atoms with van der Waals surface area (Å²) in [5.41, 5.74) is 2.35. The Morgan fingerprint density at radius 3 is 2.60 bits per heavy atom. The van der Waals surface area contributed by atoms with Crippen LogP contribution in [0.25, 0.3) is 0 Å². The monoisotopic (exact) mass is 275 g/mol. The van der Waals surface area contributed by atoms with Crippen molar-refractivity contribution in [2.24, 2.45) is 4.99 Å². The molecule has 74 valence electrons. The van der Waals surface area contributed by atoms with Crippen LogP contribution < -0.4 is 0 Å². The normalized spacial score (nSPS) is 15.5. The number of aliphatic hydroxyl groups excluding tert-OH is 1. The molecule has 0 aromatic rings. The first kappa shape index (κ1) is 14.4. The van der Waals surface area contributed by atoms with Crippen molar-refractivity contribution in [2.45, 2.75) is 6.42 Å². The molecule has 1 aliphatic rings. The molecule has 2 nitrogen and oxygen atoms in total. The minimum atomic E-state index is -0.0569. The topological polar surface area (TPSA) is 32.6 Å². The van der Waals surface area contributed by atoms with Gasteiger partial charge >= 0.3 is 32.7 Å². The van der Waals surface area contributed by atoms with Gasteiger partial charge in [-0.15, -0.1) is 18.2 Å². The van der Waals surface area contributed by atoms with Crippen LogP contribution in [-0.4, -0.2) is 11.3 Å². The molecular weight excluding hydrogens is 263 g/mol. The Kier molecular flexibility index (Phi) is 5.85. The predicted molar refractivity (Wildman–Crippen MR) is 58.5 cm³/mol. The van der Waals surface area contributed by atoms with Crippen LogP contribution in [0.3, 0.4) is 0 Å². The van der Waals surface area contributed by atoms with Crippen molar-refractivity contribution in [2.75, 3.05) is 0 Å². The molecule has 0 bridgehead atoms. The molecule has 1 rings (SSSR count). The smallest absolute Gasteiger partial charge is 0.532 e. The molecule has 0 spiro atoms. The molecular formula is C12H12NOY. The van der Waals surface area contributed by atoms with Crippen molar-refractivity contribution < 1.29 is 37.8 Å². The molecule has 0 atom stereocenters. The molecule has 0 fully saturated rings. The zero-order chi connectivity index (χ0) is 10.7. The van der Waals surface area contributed by atoms with Crippen LogP contribution in [0, 0.1) is 19.9 Å². The summed E-state index contributed by atoms with van der Waals surface area (Å²) < 4.78 is 0. The Hall–Kier alpha value is -0.596. The zero-order valence-electron chi connectivity index (χ0n) is 8.58. The first-order valence-electron chi connectivity index (χ1n) is 4.16. The molecule has 0 saturated carbocycles. The summed E-state index contributed by atoms with van der Waals surface area (Å²) in [5.74, 6) is -0.0569. The van der Waals surface area contributed by atoms with E-state index >= 15 is 0 Å². The minimum absolute atomic E-state index is 0. The van der Waals surface area contributed by atoms with E-state index in [-0.39, 0.29) is 38.5 Å². The van der Waals surface area contributed by atoms with Gasteiger partial charge in [-0.1, -0.05) is 0 Å². The van der Waals surface area contributed by atoms with Crippen molar-refractivity contribution in [3.8, 4) is 0 Å². The van der Waals surface area contributed by atoms with E-state index in [9.17, 15) is 5.11 Å². The fourth-order valence-electron chi connectivity index (χ4n) is 0.944. The maximum absolute atomic E-state index is 9.60. The third kappa shape index (κ3) is 3.47. The van der Waals surface area contributed by atoms with Crippen LogP contribution >= 0.6 is 0 Å². The Morgan fingerprint density at radius 1 is 1.60 bits per heavy atom. The van der Waals surface area contributed by atoms with Crippen molar-refractivity contribution in [3.05, 3.63) is 61.3 Å². The Balaban J connectivity index is 0.00000196. The first-order chi connectivity index (χ1) is 6.56. The fraction of sp³-hybridized carbons (Fsp3) is 0.0833. The fourth-order valence-corrected chi connectivity index (χ4v) is 0.944. The second-order valence-electron chi connectivity index (χ2n) is 2.94. The van der Waals surface area contributed by atoms with Gasteiger partial charge in [-0.2, -0.15) is 31.1 Å². The van der Waals surface area contributed by atoms with Crippen molar-refractivity contribution in [3.63, 3.8) is 0 Å². The second-order valence-corrected chi connectivity index (χ2v) is 2.94. The Bertz CT molecular complexity index is 375. The third-order valence-electron chi connectivity index (χ3n) is 1.84. The Labute approximate surface area is 116 Å². The summed E-state index contributed by atoms with van der Waals surface area (Å²) in [7, 11) is 0. The molecule has 0 unspecified atom stereocenters. The molecule has 1 heterocycles.